The lowest BCUT2D eigenvalue weighted by Gasteiger charge is -2.09. The number of esters is 1. The van der Waals surface area contributed by atoms with E-state index in [0.29, 0.717) is 19.3 Å². The van der Waals surface area contributed by atoms with Gasteiger partial charge in [0.25, 0.3) is 0 Å². The molecule has 0 unspecified atom stereocenters. The van der Waals surface area contributed by atoms with Crippen LogP contribution >= 0.6 is 0 Å². The fourth-order valence-corrected chi connectivity index (χ4v) is 1.26. The summed E-state index contributed by atoms with van der Waals surface area (Å²) in [6.07, 6.45) is 2.46. The third-order valence-electron chi connectivity index (χ3n) is 2.00. The van der Waals surface area contributed by atoms with Crippen LogP contribution in [0.5, 0.6) is 0 Å². The maximum atomic E-state index is 11.1. The smallest absolute Gasteiger partial charge is 0.306 e. The first kappa shape index (κ1) is 14.4. The molecule has 0 aliphatic carbocycles. The maximum absolute atomic E-state index is 11.1. The van der Waals surface area contributed by atoms with E-state index in [0.717, 1.165) is 12.8 Å². The number of rotatable bonds is 8. The van der Waals surface area contributed by atoms with E-state index in [1.807, 2.05) is 13.8 Å². The van der Waals surface area contributed by atoms with Crippen molar-refractivity contribution >= 4 is 5.97 Å². The summed E-state index contributed by atoms with van der Waals surface area (Å²) < 4.78 is 4.96. The van der Waals surface area contributed by atoms with Gasteiger partial charge in [-0.1, -0.05) is 6.42 Å². The van der Waals surface area contributed by atoms with Crippen molar-refractivity contribution in [3.8, 4) is 0 Å². The van der Waals surface area contributed by atoms with Gasteiger partial charge in [-0.05, 0) is 33.1 Å². The lowest BCUT2D eigenvalue weighted by Crippen LogP contribution is -2.12. The van der Waals surface area contributed by atoms with Crippen LogP contribution in [-0.2, 0) is 9.53 Å². The van der Waals surface area contributed by atoms with Crippen LogP contribution in [0.15, 0.2) is 0 Å². The first-order chi connectivity index (χ1) is 7.06. The molecule has 90 valence electrons. The van der Waals surface area contributed by atoms with Gasteiger partial charge in [-0.2, -0.15) is 0 Å². The first-order valence-corrected chi connectivity index (χ1v) is 5.54. The van der Waals surface area contributed by atoms with Gasteiger partial charge >= 0.3 is 5.97 Å². The van der Waals surface area contributed by atoms with Crippen molar-refractivity contribution in [2.75, 3.05) is 6.61 Å². The van der Waals surface area contributed by atoms with Crippen molar-refractivity contribution in [1.82, 2.24) is 0 Å². The normalized spacial score (nSPS) is 12.9. The molecule has 0 aromatic carbocycles. The molecule has 2 N–H and O–H groups in total. The quantitative estimate of drug-likeness (QED) is 0.475. The zero-order valence-corrected chi connectivity index (χ0v) is 9.61. The predicted octanol–water partition coefficient (Wildman–Crippen LogP) is 1.24. The Hall–Kier alpha value is -0.610. The Balaban J connectivity index is 3.34. The molecule has 0 bridgehead atoms. The minimum absolute atomic E-state index is 0.0105. The van der Waals surface area contributed by atoms with Crippen LogP contribution < -0.4 is 0 Å². The van der Waals surface area contributed by atoms with Crippen LogP contribution in [-0.4, -0.2) is 35.0 Å². The Morgan fingerprint density at radius 3 is 2.47 bits per heavy atom. The third kappa shape index (κ3) is 9.69. The van der Waals surface area contributed by atoms with Gasteiger partial charge in [-0.25, -0.2) is 0 Å². The summed E-state index contributed by atoms with van der Waals surface area (Å²) >= 11 is 0. The van der Waals surface area contributed by atoms with E-state index in [-0.39, 0.29) is 18.7 Å². The Morgan fingerprint density at radius 2 is 1.93 bits per heavy atom. The average molecular weight is 218 g/mol. The van der Waals surface area contributed by atoms with E-state index in [4.69, 9.17) is 9.84 Å². The molecule has 15 heavy (non-hydrogen) atoms. The molecule has 4 nitrogen and oxygen atoms in total. The van der Waals surface area contributed by atoms with E-state index in [1.165, 1.54) is 0 Å². The van der Waals surface area contributed by atoms with Gasteiger partial charge in [0, 0.05) is 13.0 Å². The molecule has 0 aliphatic heterocycles. The highest BCUT2D eigenvalue weighted by atomic mass is 16.5. The van der Waals surface area contributed by atoms with Crippen LogP contribution in [0.25, 0.3) is 0 Å². The van der Waals surface area contributed by atoms with Crippen molar-refractivity contribution < 1.29 is 19.7 Å². The molecule has 0 aromatic heterocycles. The topological polar surface area (TPSA) is 66.8 Å². The van der Waals surface area contributed by atoms with Crippen LogP contribution in [0.2, 0.25) is 0 Å². The lowest BCUT2D eigenvalue weighted by atomic mass is 10.1. The zero-order chi connectivity index (χ0) is 11.7. The number of unbranched alkanes of at least 4 members (excludes halogenated alkanes) is 1. The second-order valence-electron chi connectivity index (χ2n) is 3.95. The summed E-state index contributed by atoms with van der Waals surface area (Å²) in [5, 5.41) is 17.8. The molecule has 0 heterocycles. The summed E-state index contributed by atoms with van der Waals surface area (Å²) in [5.74, 6) is -0.179. The van der Waals surface area contributed by atoms with Crippen molar-refractivity contribution in [1.29, 1.82) is 0 Å². The highest BCUT2D eigenvalue weighted by Gasteiger charge is 2.06. The summed E-state index contributed by atoms with van der Waals surface area (Å²) in [6, 6.07) is 0. The van der Waals surface area contributed by atoms with Gasteiger partial charge in [0.05, 0.1) is 12.2 Å². The van der Waals surface area contributed by atoms with Crippen molar-refractivity contribution in [3.63, 3.8) is 0 Å². The average Bonchev–Trinajstić information content (AvgIpc) is 2.12. The maximum Gasteiger partial charge on any atom is 0.306 e. The Kier molecular flexibility index (Phi) is 8.33. The van der Waals surface area contributed by atoms with Gasteiger partial charge in [-0.15, -0.1) is 0 Å². The molecule has 0 saturated heterocycles. The molecule has 0 amide bonds. The second kappa shape index (κ2) is 8.68. The second-order valence-corrected chi connectivity index (χ2v) is 3.95. The number of hydrogen-bond donors (Lipinski definition) is 2. The van der Waals surface area contributed by atoms with Crippen LogP contribution in [0.4, 0.5) is 0 Å². The first-order valence-electron chi connectivity index (χ1n) is 5.54. The molecular weight excluding hydrogens is 196 g/mol. The molecule has 1 atom stereocenters. The SMILES string of the molecule is CC(C)OC(=O)CCCC[C@H](O)CCO. The van der Waals surface area contributed by atoms with Gasteiger partial charge in [-0.3, -0.25) is 4.79 Å². The van der Waals surface area contributed by atoms with E-state index >= 15 is 0 Å². The van der Waals surface area contributed by atoms with Crippen LogP contribution in [0, 0.1) is 0 Å². The predicted molar refractivity (Wildman–Crippen MR) is 57.4 cm³/mol. The Bertz CT molecular complexity index is 168. The third-order valence-corrected chi connectivity index (χ3v) is 2.00. The molecule has 0 spiro atoms. The van der Waals surface area contributed by atoms with E-state index < -0.39 is 6.10 Å². The highest BCUT2D eigenvalue weighted by Crippen LogP contribution is 2.07. The van der Waals surface area contributed by atoms with E-state index in [1.54, 1.807) is 0 Å². The zero-order valence-electron chi connectivity index (χ0n) is 9.61. The summed E-state index contributed by atoms with van der Waals surface area (Å²) in [4.78, 5) is 11.1. The lowest BCUT2D eigenvalue weighted by molar-refractivity contribution is -0.147. The van der Waals surface area contributed by atoms with Gasteiger partial charge in [0.1, 0.15) is 0 Å². The number of ether oxygens (including phenoxy) is 1. The van der Waals surface area contributed by atoms with Gasteiger partial charge in [0.15, 0.2) is 0 Å². The summed E-state index contributed by atoms with van der Waals surface area (Å²) in [5.41, 5.74) is 0. The molecule has 0 aromatic rings. The molecular formula is C11H22O4. The highest BCUT2D eigenvalue weighted by molar-refractivity contribution is 5.69. The molecule has 4 heteroatoms. The van der Waals surface area contributed by atoms with Crippen molar-refractivity contribution in [3.05, 3.63) is 0 Å². The molecule has 0 saturated carbocycles. The van der Waals surface area contributed by atoms with Crippen LogP contribution in [0.1, 0.15) is 46.0 Å². The van der Waals surface area contributed by atoms with E-state index in [9.17, 15) is 9.90 Å². The minimum Gasteiger partial charge on any atom is -0.463 e. The summed E-state index contributed by atoms with van der Waals surface area (Å²) in [6.45, 7) is 3.66. The Labute approximate surface area is 91.3 Å². The van der Waals surface area contributed by atoms with Crippen molar-refractivity contribution in [2.24, 2.45) is 0 Å². The van der Waals surface area contributed by atoms with E-state index in [2.05, 4.69) is 0 Å². The largest absolute Gasteiger partial charge is 0.463 e. The van der Waals surface area contributed by atoms with Gasteiger partial charge in [0.2, 0.25) is 0 Å². The van der Waals surface area contributed by atoms with Crippen LogP contribution in [0.3, 0.4) is 0 Å². The molecule has 0 rings (SSSR count). The number of aliphatic hydroxyl groups excluding tert-OH is 2. The fourth-order valence-electron chi connectivity index (χ4n) is 1.26. The number of hydrogen-bond acceptors (Lipinski definition) is 4. The molecule has 0 aliphatic rings. The number of carbonyl (C=O) groups excluding carboxylic acids is 1. The number of aliphatic hydroxyl groups is 2. The van der Waals surface area contributed by atoms with Gasteiger partial charge < -0.3 is 14.9 Å². The minimum atomic E-state index is -0.448. The fraction of sp³-hybridized carbons (Fsp3) is 0.909. The summed E-state index contributed by atoms with van der Waals surface area (Å²) in [7, 11) is 0. The Morgan fingerprint density at radius 1 is 1.27 bits per heavy atom. The molecule has 0 fully saturated rings. The monoisotopic (exact) mass is 218 g/mol. The molecule has 0 radical (unpaired) electrons. The van der Waals surface area contributed by atoms with Crippen molar-refractivity contribution in [2.45, 2.75) is 58.2 Å². The standard InChI is InChI=1S/C11H22O4/c1-9(2)15-11(14)6-4-3-5-10(13)7-8-12/h9-10,12-13H,3-8H2,1-2H3/t10-/m0/s1. The number of carbonyl (C=O) groups is 1.